The molecule has 0 saturated carbocycles. The van der Waals surface area contributed by atoms with Crippen LogP contribution in [0.15, 0.2) is 36.0 Å². The first-order valence-corrected chi connectivity index (χ1v) is 5.77. The molecule has 0 heterocycles. The number of carbonyl (C=O) groups excluding carboxylic acids is 2. The van der Waals surface area contributed by atoms with E-state index in [1.807, 2.05) is 0 Å². The van der Waals surface area contributed by atoms with E-state index in [1.165, 1.54) is 37.5 Å². The van der Waals surface area contributed by atoms with Gasteiger partial charge in [0.15, 0.2) is 5.78 Å². The van der Waals surface area contributed by atoms with Crippen LogP contribution < -0.4 is 5.73 Å². The molecule has 1 rings (SSSR count). The minimum absolute atomic E-state index is 0.236. The number of esters is 1. The summed E-state index contributed by atoms with van der Waals surface area (Å²) in [4.78, 5) is 23.0. The van der Waals surface area contributed by atoms with Crippen LogP contribution in [0.1, 0.15) is 23.7 Å². The number of halogens is 1. The molecule has 2 N–H and O–H groups in total. The van der Waals surface area contributed by atoms with Crippen molar-refractivity contribution >= 4 is 11.8 Å². The molecule has 1 aromatic carbocycles. The fourth-order valence-corrected chi connectivity index (χ4v) is 1.56. The van der Waals surface area contributed by atoms with Gasteiger partial charge in [0.2, 0.25) is 0 Å². The molecule has 0 amide bonds. The Morgan fingerprint density at radius 1 is 1.37 bits per heavy atom. The Morgan fingerprint density at radius 3 is 2.47 bits per heavy atom. The highest BCUT2D eigenvalue weighted by atomic mass is 19.1. The third-order valence-corrected chi connectivity index (χ3v) is 2.59. The summed E-state index contributed by atoms with van der Waals surface area (Å²) >= 11 is 0. The first kappa shape index (κ1) is 14.9. The summed E-state index contributed by atoms with van der Waals surface area (Å²) < 4.78 is 17.3. The van der Waals surface area contributed by atoms with Crippen LogP contribution in [0.25, 0.3) is 0 Å². The second-order valence-electron chi connectivity index (χ2n) is 4.22. The van der Waals surface area contributed by atoms with Crippen molar-refractivity contribution in [2.24, 2.45) is 11.7 Å². The van der Waals surface area contributed by atoms with Crippen LogP contribution in [0.3, 0.4) is 0 Å². The summed E-state index contributed by atoms with van der Waals surface area (Å²) in [5, 5.41) is 0. The largest absolute Gasteiger partial charge is 0.469 e. The fourth-order valence-electron chi connectivity index (χ4n) is 1.56. The smallest absolute Gasteiger partial charge is 0.308 e. The van der Waals surface area contributed by atoms with Crippen molar-refractivity contribution in [3.05, 3.63) is 47.4 Å². The average Bonchev–Trinajstić information content (AvgIpc) is 2.38. The van der Waals surface area contributed by atoms with Crippen LogP contribution >= 0.6 is 0 Å². The summed E-state index contributed by atoms with van der Waals surface area (Å²) in [6, 6.07) is 5.17. The lowest BCUT2D eigenvalue weighted by atomic mass is 10.0. The Balaban J connectivity index is 2.70. The summed E-state index contributed by atoms with van der Waals surface area (Å²) in [7, 11) is 1.29. The average molecular weight is 265 g/mol. The third kappa shape index (κ3) is 4.54. The van der Waals surface area contributed by atoms with E-state index < -0.39 is 11.7 Å². The van der Waals surface area contributed by atoms with E-state index in [4.69, 9.17) is 5.73 Å². The number of rotatable bonds is 5. The van der Waals surface area contributed by atoms with E-state index in [1.54, 1.807) is 6.92 Å². The predicted octanol–water partition coefficient (Wildman–Crippen LogP) is 2.05. The molecule has 102 valence electrons. The molecule has 0 bridgehead atoms. The molecule has 5 heteroatoms. The number of ketones is 1. The molecule has 0 radical (unpaired) electrons. The topological polar surface area (TPSA) is 69.4 Å². The zero-order valence-corrected chi connectivity index (χ0v) is 10.9. The van der Waals surface area contributed by atoms with Crippen LogP contribution in [-0.4, -0.2) is 18.9 Å². The van der Waals surface area contributed by atoms with E-state index in [0.29, 0.717) is 5.56 Å². The monoisotopic (exact) mass is 265 g/mol. The highest BCUT2D eigenvalue weighted by molar-refractivity contribution is 6.04. The van der Waals surface area contributed by atoms with Gasteiger partial charge in [-0.15, -0.1) is 0 Å². The lowest BCUT2D eigenvalue weighted by Gasteiger charge is -2.08. The van der Waals surface area contributed by atoms with Gasteiger partial charge in [-0.05, 0) is 24.3 Å². The van der Waals surface area contributed by atoms with Crippen LogP contribution in [0.5, 0.6) is 0 Å². The van der Waals surface area contributed by atoms with Crippen LogP contribution in [0, 0.1) is 11.7 Å². The number of carbonyl (C=O) groups is 2. The molecule has 1 unspecified atom stereocenters. The number of ether oxygens (including phenoxy) is 1. The molecule has 0 aliphatic carbocycles. The molecule has 0 aliphatic rings. The van der Waals surface area contributed by atoms with Gasteiger partial charge in [0, 0.05) is 23.8 Å². The quantitative estimate of drug-likeness (QED) is 0.502. The maximum atomic E-state index is 12.7. The number of benzene rings is 1. The number of allylic oxidation sites excluding steroid dienone is 2. The van der Waals surface area contributed by atoms with Gasteiger partial charge < -0.3 is 10.5 Å². The SMILES string of the molecule is COC(=O)C(C)C/C(N)=C/C(=O)c1ccc(F)cc1. The Labute approximate surface area is 111 Å². The summed E-state index contributed by atoms with van der Waals surface area (Å²) in [6.07, 6.45) is 1.48. The number of methoxy groups -OCH3 is 1. The van der Waals surface area contributed by atoms with Crippen molar-refractivity contribution in [3.8, 4) is 0 Å². The Kier molecular flexibility index (Phi) is 5.23. The van der Waals surface area contributed by atoms with Gasteiger partial charge in [0.1, 0.15) is 5.82 Å². The first-order valence-electron chi connectivity index (χ1n) is 5.77. The van der Waals surface area contributed by atoms with Crippen molar-refractivity contribution < 1.29 is 18.7 Å². The molecule has 0 spiro atoms. The highest BCUT2D eigenvalue weighted by Gasteiger charge is 2.14. The maximum absolute atomic E-state index is 12.7. The second kappa shape index (κ2) is 6.68. The Hall–Kier alpha value is -2.17. The molecule has 1 atom stereocenters. The fraction of sp³-hybridized carbons (Fsp3) is 0.286. The minimum atomic E-state index is -0.415. The van der Waals surface area contributed by atoms with Gasteiger partial charge >= 0.3 is 5.97 Å². The lowest BCUT2D eigenvalue weighted by molar-refractivity contribution is -0.144. The van der Waals surface area contributed by atoms with Crippen LogP contribution in [0.4, 0.5) is 4.39 Å². The van der Waals surface area contributed by atoms with Crippen LogP contribution in [-0.2, 0) is 9.53 Å². The molecule has 4 nitrogen and oxygen atoms in total. The zero-order chi connectivity index (χ0) is 14.4. The molecular formula is C14H16FNO3. The van der Waals surface area contributed by atoms with Gasteiger partial charge in [-0.2, -0.15) is 0 Å². The lowest BCUT2D eigenvalue weighted by Crippen LogP contribution is -2.16. The summed E-state index contributed by atoms with van der Waals surface area (Å²) in [5.74, 6) is -1.53. The van der Waals surface area contributed by atoms with E-state index in [-0.39, 0.29) is 23.9 Å². The van der Waals surface area contributed by atoms with Crippen molar-refractivity contribution in [1.82, 2.24) is 0 Å². The number of hydrogen-bond acceptors (Lipinski definition) is 4. The number of nitrogens with two attached hydrogens (primary N) is 1. The first-order chi connectivity index (χ1) is 8.93. The molecular weight excluding hydrogens is 249 g/mol. The van der Waals surface area contributed by atoms with E-state index >= 15 is 0 Å². The van der Waals surface area contributed by atoms with Gasteiger partial charge in [0.05, 0.1) is 13.0 Å². The van der Waals surface area contributed by atoms with Crippen molar-refractivity contribution in [2.75, 3.05) is 7.11 Å². The third-order valence-electron chi connectivity index (χ3n) is 2.59. The molecule has 19 heavy (non-hydrogen) atoms. The predicted molar refractivity (Wildman–Crippen MR) is 68.8 cm³/mol. The zero-order valence-electron chi connectivity index (χ0n) is 10.9. The van der Waals surface area contributed by atoms with Crippen LogP contribution in [0.2, 0.25) is 0 Å². The van der Waals surface area contributed by atoms with E-state index in [9.17, 15) is 14.0 Å². The summed E-state index contributed by atoms with van der Waals surface area (Å²) in [6.45, 7) is 1.66. The second-order valence-corrected chi connectivity index (χ2v) is 4.22. The maximum Gasteiger partial charge on any atom is 0.308 e. The van der Waals surface area contributed by atoms with E-state index in [0.717, 1.165) is 0 Å². The normalized spacial score (nSPS) is 12.9. The minimum Gasteiger partial charge on any atom is -0.469 e. The molecule has 1 aromatic rings. The van der Waals surface area contributed by atoms with Gasteiger partial charge in [-0.1, -0.05) is 6.92 Å². The van der Waals surface area contributed by atoms with Gasteiger partial charge in [0.25, 0.3) is 0 Å². The summed E-state index contributed by atoms with van der Waals surface area (Å²) in [5.41, 5.74) is 6.32. The molecule has 0 aromatic heterocycles. The standard InChI is InChI=1S/C14H16FNO3/c1-9(14(18)19-2)7-12(16)8-13(17)10-3-5-11(15)6-4-10/h3-6,8-9H,7,16H2,1-2H3/b12-8-. The molecule has 0 fully saturated rings. The molecule has 0 aliphatic heterocycles. The van der Waals surface area contributed by atoms with Gasteiger partial charge in [-0.3, -0.25) is 9.59 Å². The number of hydrogen-bond donors (Lipinski definition) is 1. The van der Waals surface area contributed by atoms with Crippen molar-refractivity contribution in [1.29, 1.82) is 0 Å². The highest BCUT2D eigenvalue weighted by Crippen LogP contribution is 2.11. The molecule has 0 saturated heterocycles. The van der Waals surface area contributed by atoms with Crippen molar-refractivity contribution in [3.63, 3.8) is 0 Å². The Bertz CT molecular complexity index is 494. The Morgan fingerprint density at radius 2 is 1.95 bits per heavy atom. The van der Waals surface area contributed by atoms with Crippen molar-refractivity contribution in [2.45, 2.75) is 13.3 Å². The van der Waals surface area contributed by atoms with Gasteiger partial charge in [-0.25, -0.2) is 4.39 Å². The van der Waals surface area contributed by atoms with E-state index in [2.05, 4.69) is 4.74 Å².